The zero-order valence-electron chi connectivity index (χ0n) is 11.1. The Morgan fingerprint density at radius 3 is 2.74 bits per heavy atom. The van der Waals surface area contributed by atoms with Crippen molar-refractivity contribution in [3.63, 3.8) is 0 Å². The van der Waals surface area contributed by atoms with Crippen LogP contribution in [0.3, 0.4) is 0 Å². The van der Waals surface area contributed by atoms with Crippen molar-refractivity contribution in [2.75, 3.05) is 25.0 Å². The molecule has 1 unspecified atom stereocenters. The molecule has 0 spiro atoms. The predicted molar refractivity (Wildman–Crippen MR) is 74.5 cm³/mol. The summed E-state index contributed by atoms with van der Waals surface area (Å²) in [6.45, 7) is 2.18. The van der Waals surface area contributed by atoms with E-state index in [0.717, 1.165) is 24.3 Å². The van der Waals surface area contributed by atoms with Crippen LogP contribution in [0.15, 0.2) is 29.3 Å². The van der Waals surface area contributed by atoms with E-state index < -0.39 is 0 Å². The molecule has 3 heterocycles. The van der Waals surface area contributed by atoms with E-state index in [1.807, 2.05) is 12.1 Å². The molecule has 5 heteroatoms. The average Bonchev–Trinajstić information content (AvgIpc) is 2.40. The number of anilines is 1. The van der Waals surface area contributed by atoms with Gasteiger partial charge in [0.05, 0.1) is 23.3 Å². The SMILES string of the molecule is CN1CC2[C@H]1CN2c1ccc2ncn(C)c(=O)c2c1. The number of piperazine rings is 1. The zero-order valence-corrected chi connectivity index (χ0v) is 11.1. The van der Waals surface area contributed by atoms with Crippen molar-refractivity contribution in [1.82, 2.24) is 14.5 Å². The highest BCUT2D eigenvalue weighted by atomic mass is 16.1. The Bertz CT molecular complexity index is 723. The second-order valence-electron chi connectivity index (χ2n) is 5.59. The van der Waals surface area contributed by atoms with Gasteiger partial charge in [0.1, 0.15) is 0 Å². The van der Waals surface area contributed by atoms with Crippen LogP contribution in [0.25, 0.3) is 10.9 Å². The van der Waals surface area contributed by atoms with Gasteiger partial charge in [-0.2, -0.15) is 0 Å². The third-order valence-corrected chi connectivity index (χ3v) is 4.50. The molecule has 1 aromatic heterocycles. The van der Waals surface area contributed by atoms with Gasteiger partial charge < -0.3 is 9.47 Å². The number of hydrogen-bond acceptors (Lipinski definition) is 4. The first-order valence-electron chi connectivity index (χ1n) is 6.57. The monoisotopic (exact) mass is 256 g/mol. The van der Waals surface area contributed by atoms with Gasteiger partial charge in [-0.25, -0.2) is 4.98 Å². The standard InChI is InChI=1S/C14H16N4O/c1-16-6-13-12(16)7-18(13)9-3-4-11-10(5-9)14(19)17(2)8-15-11/h3-5,8,12-13H,6-7H2,1-2H3/t12-,13?/m1/s1. The van der Waals surface area contributed by atoms with Gasteiger partial charge in [0.25, 0.3) is 5.56 Å². The molecule has 0 aliphatic carbocycles. The zero-order chi connectivity index (χ0) is 13.1. The summed E-state index contributed by atoms with van der Waals surface area (Å²) < 4.78 is 1.53. The van der Waals surface area contributed by atoms with E-state index in [0.29, 0.717) is 17.5 Å². The normalized spacial score (nSPS) is 25.9. The quantitative estimate of drug-likeness (QED) is 0.742. The Morgan fingerprint density at radius 1 is 1.21 bits per heavy atom. The fourth-order valence-electron chi connectivity index (χ4n) is 3.15. The third-order valence-electron chi connectivity index (χ3n) is 4.50. The maximum atomic E-state index is 12.1. The summed E-state index contributed by atoms with van der Waals surface area (Å²) in [5, 5.41) is 0.707. The smallest absolute Gasteiger partial charge is 0.260 e. The van der Waals surface area contributed by atoms with Crippen molar-refractivity contribution >= 4 is 16.6 Å². The van der Waals surface area contributed by atoms with Crippen LogP contribution in [0.4, 0.5) is 5.69 Å². The molecule has 1 aromatic carbocycles. The van der Waals surface area contributed by atoms with E-state index in [4.69, 9.17) is 0 Å². The number of hydrogen-bond donors (Lipinski definition) is 0. The summed E-state index contributed by atoms with van der Waals surface area (Å²) in [6.07, 6.45) is 1.57. The minimum absolute atomic E-state index is 0.0228. The molecule has 5 nitrogen and oxygen atoms in total. The van der Waals surface area contributed by atoms with Crippen molar-refractivity contribution in [3.05, 3.63) is 34.9 Å². The molecule has 0 saturated carbocycles. The Kier molecular flexibility index (Phi) is 2.07. The summed E-state index contributed by atoms with van der Waals surface area (Å²) in [6, 6.07) is 7.33. The highest BCUT2D eigenvalue weighted by Gasteiger charge is 2.49. The first-order valence-corrected chi connectivity index (χ1v) is 6.57. The Balaban J connectivity index is 1.76. The van der Waals surface area contributed by atoms with Crippen molar-refractivity contribution in [2.24, 2.45) is 7.05 Å². The molecular weight excluding hydrogens is 240 g/mol. The van der Waals surface area contributed by atoms with E-state index in [-0.39, 0.29) is 5.56 Å². The number of likely N-dealkylation sites (tertiary alicyclic amines) is 1. The molecular formula is C14H16N4O. The number of benzene rings is 1. The number of fused-ring (bicyclic) bond motifs is 2. The maximum Gasteiger partial charge on any atom is 0.260 e. The van der Waals surface area contributed by atoms with Gasteiger partial charge in [0.2, 0.25) is 0 Å². The predicted octanol–water partition coefficient (Wildman–Crippen LogP) is 0.436. The first-order chi connectivity index (χ1) is 9.15. The summed E-state index contributed by atoms with van der Waals surface area (Å²) in [5.74, 6) is 0. The number of nitrogens with zero attached hydrogens (tertiary/aromatic N) is 4. The minimum atomic E-state index is 0.0228. The molecule has 2 aliphatic heterocycles. The number of rotatable bonds is 1. The van der Waals surface area contributed by atoms with Gasteiger partial charge in [-0.1, -0.05) is 0 Å². The third kappa shape index (κ3) is 1.39. The lowest BCUT2D eigenvalue weighted by Gasteiger charge is -2.62. The van der Waals surface area contributed by atoms with Crippen LogP contribution in [0.5, 0.6) is 0 Å². The van der Waals surface area contributed by atoms with Crippen LogP contribution in [0.1, 0.15) is 0 Å². The number of aromatic nitrogens is 2. The van der Waals surface area contributed by atoms with Crippen LogP contribution < -0.4 is 10.5 Å². The van der Waals surface area contributed by atoms with Gasteiger partial charge in [0.15, 0.2) is 0 Å². The Hall–Kier alpha value is -1.88. The number of likely N-dealkylation sites (N-methyl/N-ethyl adjacent to an activating group) is 1. The van der Waals surface area contributed by atoms with Crippen molar-refractivity contribution in [2.45, 2.75) is 12.1 Å². The summed E-state index contributed by atoms with van der Waals surface area (Å²) in [5.41, 5.74) is 1.94. The van der Waals surface area contributed by atoms with Gasteiger partial charge in [-0.05, 0) is 25.2 Å². The molecule has 0 bridgehead atoms. The lowest BCUT2D eigenvalue weighted by Crippen LogP contribution is -2.78. The van der Waals surface area contributed by atoms with Crippen LogP contribution >= 0.6 is 0 Å². The highest BCUT2D eigenvalue weighted by molar-refractivity contribution is 5.82. The van der Waals surface area contributed by atoms with Gasteiger partial charge in [-0.15, -0.1) is 0 Å². The van der Waals surface area contributed by atoms with E-state index in [2.05, 4.69) is 27.9 Å². The van der Waals surface area contributed by atoms with Crippen LogP contribution in [-0.4, -0.2) is 46.7 Å². The van der Waals surface area contributed by atoms with Crippen molar-refractivity contribution < 1.29 is 0 Å². The molecule has 2 aromatic rings. The largest absolute Gasteiger partial charge is 0.364 e. The molecule has 0 amide bonds. The van der Waals surface area contributed by atoms with Crippen LogP contribution in [0.2, 0.25) is 0 Å². The van der Waals surface area contributed by atoms with Crippen LogP contribution in [-0.2, 0) is 7.05 Å². The summed E-state index contributed by atoms with van der Waals surface area (Å²) in [7, 11) is 3.90. The van der Waals surface area contributed by atoms with Crippen molar-refractivity contribution in [3.8, 4) is 0 Å². The second-order valence-corrected chi connectivity index (χ2v) is 5.59. The molecule has 4 rings (SSSR count). The van der Waals surface area contributed by atoms with Crippen LogP contribution in [0, 0.1) is 0 Å². The van der Waals surface area contributed by atoms with E-state index in [1.165, 1.54) is 4.57 Å². The fraction of sp³-hybridized carbons (Fsp3) is 0.429. The molecule has 2 aliphatic rings. The van der Waals surface area contributed by atoms with E-state index in [1.54, 1.807) is 13.4 Å². The molecule has 98 valence electrons. The highest BCUT2D eigenvalue weighted by Crippen LogP contribution is 2.36. The lowest BCUT2D eigenvalue weighted by atomic mass is 9.85. The Labute approximate surface area is 111 Å². The molecule has 0 N–H and O–H groups in total. The molecule has 19 heavy (non-hydrogen) atoms. The molecule has 0 radical (unpaired) electrons. The lowest BCUT2D eigenvalue weighted by molar-refractivity contribution is 0.0369. The molecule has 2 fully saturated rings. The Morgan fingerprint density at radius 2 is 2.05 bits per heavy atom. The van der Waals surface area contributed by atoms with Gasteiger partial charge >= 0.3 is 0 Å². The van der Waals surface area contributed by atoms with Crippen molar-refractivity contribution in [1.29, 1.82) is 0 Å². The van der Waals surface area contributed by atoms with Gasteiger partial charge in [-0.3, -0.25) is 9.69 Å². The minimum Gasteiger partial charge on any atom is -0.364 e. The summed E-state index contributed by atoms with van der Waals surface area (Å²) in [4.78, 5) is 21.2. The maximum absolute atomic E-state index is 12.1. The second kappa shape index (κ2) is 3.57. The average molecular weight is 256 g/mol. The van der Waals surface area contributed by atoms with E-state index >= 15 is 0 Å². The van der Waals surface area contributed by atoms with Gasteiger partial charge in [0, 0.05) is 31.9 Å². The number of aryl methyl sites for hydroxylation is 1. The fourth-order valence-corrected chi connectivity index (χ4v) is 3.15. The molecule has 2 saturated heterocycles. The van der Waals surface area contributed by atoms with E-state index in [9.17, 15) is 4.79 Å². The first kappa shape index (κ1) is 11.0. The summed E-state index contributed by atoms with van der Waals surface area (Å²) >= 11 is 0. The molecule has 2 atom stereocenters. The topological polar surface area (TPSA) is 41.4 Å².